The quantitative estimate of drug-likeness (QED) is 0.349. The lowest BCUT2D eigenvalue weighted by Crippen LogP contribution is -2.47. The summed E-state index contributed by atoms with van der Waals surface area (Å²) in [6.07, 6.45) is 0.994. The van der Waals surface area contributed by atoms with Crippen LogP contribution in [-0.2, 0) is 10.5 Å². The number of nitrogens with zero attached hydrogens (tertiary/aromatic N) is 2. The number of aromatic nitrogens is 1. The first kappa shape index (κ1) is 16.5. The van der Waals surface area contributed by atoms with E-state index in [9.17, 15) is 9.59 Å². The highest BCUT2D eigenvalue weighted by Gasteiger charge is 2.19. The molecular formula is C14H15N3O3S2. The molecule has 1 heterocycles. The minimum atomic E-state index is -1.32. The smallest absolute Gasteiger partial charge is 0.422 e. The maximum absolute atomic E-state index is 10.9. The number of hydrogen-bond donors (Lipinski definition) is 2. The van der Waals surface area contributed by atoms with Crippen molar-refractivity contribution in [2.45, 2.75) is 11.8 Å². The van der Waals surface area contributed by atoms with Crippen LogP contribution >= 0.6 is 23.1 Å². The Morgan fingerprint density at radius 2 is 2.36 bits per heavy atom. The van der Waals surface area contributed by atoms with Gasteiger partial charge in [-0.25, -0.2) is 20.6 Å². The number of thioether (sulfide) groups is 1. The van der Waals surface area contributed by atoms with E-state index >= 15 is 0 Å². The number of hydrogen-bond acceptors (Lipinski definition) is 6. The summed E-state index contributed by atoms with van der Waals surface area (Å²) in [5, 5.41) is 12.2. The van der Waals surface area contributed by atoms with Gasteiger partial charge in [-0.3, -0.25) is 0 Å². The summed E-state index contributed by atoms with van der Waals surface area (Å²) in [7, 11) is 0. The number of amides is 1. The van der Waals surface area contributed by atoms with Crippen LogP contribution in [0.25, 0.3) is 10.6 Å². The van der Waals surface area contributed by atoms with E-state index in [1.165, 1.54) is 11.8 Å². The van der Waals surface area contributed by atoms with E-state index in [-0.39, 0.29) is 0 Å². The Morgan fingerprint density at radius 3 is 3.00 bits per heavy atom. The molecule has 0 radical (unpaired) electrons. The molecule has 1 aromatic carbocycles. The molecule has 0 aliphatic heterocycles. The lowest BCUT2D eigenvalue weighted by Gasteiger charge is -2.19. The maximum Gasteiger partial charge on any atom is 0.422 e. The van der Waals surface area contributed by atoms with E-state index in [1.54, 1.807) is 17.5 Å². The Labute approximate surface area is 135 Å². The fourth-order valence-corrected chi connectivity index (χ4v) is 3.43. The number of thiazole rings is 1. The third-order valence-corrected chi connectivity index (χ3v) is 4.84. The molecule has 1 unspecified atom stereocenters. The normalized spacial score (nSPS) is 11.9. The predicted molar refractivity (Wildman–Crippen MR) is 87.6 cm³/mol. The van der Waals surface area contributed by atoms with Gasteiger partial charge in [0.2, 0.25) is 0 Å². The highest BCUT2D eigenvalue weighted by molar-refractivity contribution is 7.98. The van der Waals surface area contributed by atoms with E-state index in [2.05, 4.69) is 4.98 Å². The average molecular weight is 337 g/mol. The molecule has 1 aromatic heterocycles. The molecule has 116 valence electrons. The van der Waals surface area contributed by atoms with Crippen LogP contribution < -0.4 is 5.84 Å². The summed E-state index contributed by atoms with van der Waals surface area (Å²) in [6, 6.07) is 7.13. The molecule has 6 nitrogen and oxygen atoms in total. The Hall–Kier alpha value is -1.90. The number of carbonyl (C=O) groups excluding carboxylic acids is 1. The molecule has 22 heavy (non-hydrogen) atoms. The zero-order valence-corrected chi connectivity index (χ0v) is 13.2. The summed E-state index contributed by atoms with van der Waals surface area (Å²) in [5.41, 5.74) is 2.13. The van der Waals surface area contributed by atoms with Gasteiger partial charge in [-0.05, 0) is 11.6 Å². The number of rotatable bonds is 7. The van der Waals surface area contributed by atoms with Crippen molar-refractivity contribution in [2.24, 2.45) is 5.84 Å². The fourth-order valence-electron chi connectivity index (χ4n) is 1.78. The first-order valence-corrected chi connectivity index (χ1v) is 8.44. The third kappa shape index (κ3) is 4.30. The number of carboxylic acid groups (broad SMARTS) is 1. The molecule has 0 aliphatic rings. The summed E-state index contributed by atoms with van der Waals surface area (Å²) in [6.45, 7) is 0. The van der Waals surface area contributed by atoms with E-state index in [1.807, 2.05) is 29.6 Å². The molecule has 0 saturated heterocycles. The summed E-state index contributed by atoms with van der Waals surface area (Å²) in [4.78, 5) is 25.9. The molecule has 0 fully saturated rings. The first-order chi connectivity index (χ1) is 10.6. The molecular weight excluding hydrogens is 322 g/mol. The second-order valence-electron chi connectivity index (χ2n) is 4.45. The van der Waals surface area contributed by atoms with Gasteiger partial charge in [-0.1, -0.05) is 18.2 Å². The van der Waals surface area contributed by atoms with Gasteiger partial charge in [0.25, 0.3) is 0 Å². The van der Waals surface area contributed by atoms with Crippen molar-refractivity contribution in [3.8, 4) is 10.6 Å². The van der Waals surface area contributed by atoms with Crippen molar-refractivity contribution >= 4 is 35.5 Å². The number of aldehydes is 1. The van der Waals surface area contributed by atoms with Crippen LogP contribution in [0.4, 0.5) is 4.79 Å². The molecule has 8 heteroatoms. The van der Waals surface area contributed by atoms with Crippen LogP contribution in [0.1, 0.15) is 5.56 Å². The van der Waals surface area contributed by atoms with Crippen molar-refractivity contribution in [1.82, 2.24) is 9.99 Å². The van der Waals surface area contributed by atoms with E-state index in [4.69, 9.17) is 10.9 Å². The molecule has 0 bridgehead atoms. The molecule has 0 saturated carbocycles. The van der Waals surface area contributed by atoms with Crippen molar-refractivity contribution in [3.05, 3.63) is 41.4 Å². The van der Waals surface area contributed by atoms with E-state index < -0.39 is 12.1 Å². The Kier molecular flexibility index (Phi) is 5.93. The van der Waals surface area contributed by atoms with Crippen LogP contribution in [0.5, 0.6) is 0 Å². The van der Waals surface area contributed by atoms with Crippen LogP contribution in [-0.4, -0.2) is 39.3 Å². The van der Waals surface area contributed by atoms with Gasteiger partial charge >= 0.3 is 6.09 Å². The lowest BCUT2D eigenvalue weighted by molar-refractivity contribution is -0.111. The lowest BCUT2D eigenvalue weighted by atomic mass is 10.1. The Bertz CT molecular complexity index is 634. The standard InChI is InChI=1S/C14H15N3O3S2/c15-17(14(19)20)12(7-18)9-21-8-10-2-1-3-11(6-10)13-16-4-5-22-13/h1-7,12H,8-9,15H2,(H,19,20). The second kappa shape index (κ2) is 7.92. The van der Waals surface area contributed by atoms with Gasteiger partial charge in [-0.15, -0.1) is 11.3 Å². The molecule has 2 aromatic rings. The molecule has 1 atom stereocenters. The highest BCUT2D eigenvalue weighted by atomic mass is 32.2. The van der Waals surface area contributed by atoms with E-state index in [0.29, 0.717) is 22.8 Å². The predicted octanol–water partition coefficient (Wildman–Crippen LogP) is 2.46. The number of hydrazine groups is 1. The van der Waals surface area contributed by atoms with Gasteiger partial charge in [-0.2, -0.15) is 11.8 Å². The number of benzene rings is 1. The topological polar surface area (TPSA) is 96.5 Å². The van der Waals surface area contributed by atoms with Gasteiger partial charge in [0.15, 0.2) is 0 Å². The van der Waals surface area contributed by atoms with Gasteiger partial charge in [0.05, 0.1) is 0 Å². The van der Waals surface area contributed by atoms with Gasteiger partial charge < -0.3 is 9.90 Å². The first-order valence-electron chi connectivity index (χ1n) is 6.40. The molecule has 0 aliphatic carbocycles. The SMILES string of the molecule is NN(C(=O)O)C(C=O)CSCc1cccc(-c2nccs2)c1. The zero-order valence-electron chi connectivity index (χ0n) is 11.6. The van der Waals surface area contributed by atoms with Crippen molar-refractivity contribution in [3.63, 3.8) is 0 Å². The molecule has 3 N–H and O–H groups in total. The average Bonchev–Trinajstić information content (AvgIpc) is 3.05. The van der Waals surface area contributed by atoms with Crippen molar-refractivity contribution < 1.29 is 14.7 Å². The third-order valence-electron chi connectivity index (χ3n) is 2.90. The van der Waals surface area contributed by atoms with Gasteiger partial charge in [0, 0.05) is 28.6 Å². The second-order valence-corrected chi connectivity index (χ2v) is 6.37. The molecule has 1 amide bonds. The fraction of sp³-hybridized carbons (Fsp3) is 0.214. The van der Waals surface area contributed by atoms with Crippen LogP contribution in [0.3, 0.4) is 0 Å². The summed E-state index contributed by atoms with van der Waals surface area (Å²) < 4.78 is 0. The van der Waals surface area contributed by atoms with Crippen molar-refractivity contribution in [1.29, 1.82) is 0 Å². The Balaban J connectivity index is 1.93. The highest BCUT2D eigenvalue weighted by Crippen LogP contribution is 2.24. The van der Waals surface area contributed by atoms with Crippen LogP contribution in [0, 0.1) is 0 Å². The van der Waals surface area contributed by atoms with E-state index in [0.717, 1.165) is 16.1 Å². The maximum atomic E-state index is 10.9. The zero-order chi connectivity index (χ0) is 15.9. The number of carbonyl (C=O) groups is 2. The monoisotopic (exact) mass is 337 g/mol. The number of nitrogens with two attached hydrogens (primary N) is 1. The Morgan fingerprint density at radius 1 is 1.55 bits per heavy atom. The summed E-state index contributed by atoms with van der Waals surface area (Å²) >= 11 is 3.03. The molecule has 2 rings (SSSR count). The molecule has 0 spiro atoms. The summed E-state index contributed by atoms with van der Waals surface area (Å²) in [5.74, 6) is 6.30. The largest absolute Gasteiger partial charge is 0.464 e. The van der Waals surface area contributed by atoms with Crippen LogP contribution in [0.15, 0.2) is 35.8 Å². The van der Waals surface area contributed by atoms with Crippen molar-refractivity contribution in [2.75, 3.05) is 5.75 Å². The minimum absolute atomic E-state index is 0.313. The van der Waals surface area contributed by atoms with Crippen LogP contribution in [0.2, 0.25) is 0 Å². The minimum Gasteiger partial charge on any atom is -0.464 e. The van der Waals surface area contributed by atoms with Gasteiger partial charge in [0.1, 0.15) is 17.3 Å².